The highest BCUT2D eigenvalue weighted by Crippen LogP contribution is 2.32. The molecule has 0 bridgehead atoms. The van der Waals surface area contributed by atoms with Crippen molar-refractivity contribution in [3.05, 3.63) is 35.4 Å². The van der Waals surface area contributed by atoms with E-state index < -0.39 is 0 Å². The summed E-state index contributed by atoms with van der Waals surface area (Å²) in [6.45, 7) is 6.28. The van der Waals surface area contributed by atoms with Crippen LogP contribution in [0.4, 0.5) is 0 Å². The Hall–Kier alpha value is -1.49. The van der Waals surface area contributed by atoms with Gasteiger partial charge in [0.15, 0.2) is 0 Å². The first-order valence-corrected chi connectivity index (χ1v) is 13.2. The molecule has 1 aromatic carbocycles. The summed E-state index contributed by atoms with van der Waals surface area (Å²) in [6.07, 6.45) is 11.8. The molecule has 2 N–H and O–H groups in total. The van der Waals surface area contributed by atoms with E-state index in [0.29, 0.717) is 11.2 Å². The molecular formula is C27H42N2O2S. The molecule has 0 aliphatic heterocycles. The normalized spacial score (nSPS) is 23.4. The first kappa shape index (κ1) is 25.1. The van der Waals surface area contributed by atoms with Gasteiger partial charge in [0.2, 0.25) is 5.91 Å². The lowest BCUT2D eigenvalue weighted by Gasteiger charge is -2.33. The summed E-state index contributed by atoms with van der Waals surface area (Å²) < 4.78 is 0. The predicted octanol–water partition coefficient (Wildman–Crippen LogP) is 6.02. The number of amides is 2. The van der Waals surface area contributed by atoms with Crippen LogP contribution in [-0.2, 0) is 4.79 Å². The fraction of sp³-hybridized carbons (Fsp3) is 0.704. The van der Waals surface area contributed by atoms with E-state index in [-0.39, 0.29) is 29.3 Å². The van der Waals surface area contributed by atoms with Gasteiger partial charge >= 0.3 is 0 Å². The molecule has 2 aliphatic rings. The fourth-order valence-corrected chi connectivity index (χ4v) is 5.79. The van der Waals surface area contributed by atoms with Gasteiger partial charge in [0.1, 0.15) is 0 Å². The molecule has 1 atom stereocenters. The topological polar surface area (TPSA) is 58.2 Å². The number of carbonyl (C=O) groups is 2. The molecule has 2 aliphatic carbocycles. The van der Waals surface area contributed by atoms with E-state index in [1.165, 1.54) is 37.7 Å². The van der Waals surface area contributed by atoms with Gasteiger partial charge in [-0.2, -0.15) is 12.6 Å². The molecule has 2 amide bonds. The van der Waals surface area contributed by atoms with E-state index >= 15 is 0 Å². The Bertz CT molecular complexity index is 747. The number of thiol groups is 1. The summed E-state index contributed by atoms with van der Waals surface area (Å²) in [5.74, 6) is 0.855. The second-order valence-corrected chi connectivity index (χ2v) is 11.3. The molecule has 178 valence electrons. The molecule has 2 fully saturated rings. The fourth-order valence-electron chi connectivity index (χ4n) is 5.33. The third-order valence-corrected chi connectivity index (χ3v) is 7.91. The third-order valence-electron chi connectivity index (χ3n) is 7.36. The minimum atomic E-state index is -0.242. The Morgan fingerprint density at radius 1 is 1.00 bits per heavy atom. The number of hydrogen-bond acceptors (Lipinski definition) is 3. The van der Waals surface area contributed by atoms with E-state index in [0.717, 1.165) is 44.1 Å². The largest absolute Gasteiger partial charge is 0.351 e. The summed E-state index contributed by atoms with van der Waals surface area (Å²) in [7, 11) is 0. The van der Waals surface area contributed by atoms with Gasteiger partial charge in [-0.3, -0.25) is 9.59 Å². The molecule has 0 aromatic heterocycles. The van der Waals surface area contributed by atoms with Crippen LogP contribution in [0.5, 0.6) is 0 Å². The van der Waals surface area contributed by atoms with E-state index in [1.807, 2.05) is 12.1 Å². The number of carbonyl (C=O) groups excluding carboxylic acids is 2. The van der Waals surface area contributed by atoms with Crippen molar-refractivity contribution in [3.8, 4) is 0 Å². The lowest BCUT2D eigenvalue weighted by molar-refractivity contribution is -0.127. The molecule has 2 saturated carbocycles. The van der Waals surface area contributed by atoms with Gasteiger partial charge in [0.05, 0.1) is 0 Å². The average molecular weight is 459 g/mol. The van der Waals surface area contributed by atoms with Crippen LogP contribution in [0, 0.1) is 5.92 Å². The van der Waals surface area contributed by atoms with Crippen LogP contribution in [0.3, 0.4) is 0 Å². The third kappa shape index (κ3) is 7.26. The van der Waals surface area contributed by atoms with Crippen LogP contribution >= 0.6 is 12.6 Å². The Morgan fingerprint density at radius 3 is 2.22 bits per heavy atom. The van der Waals surface area contributed by atoms with Crippen molar-refractivity contribution < 1.29 is 9.59 Å². The van der Waals surface area contributed by atoms with Crippen molar-refractivity contribution in [2.45, 2.75) is 114 Å². The van der Waals surface area contributed by atoms with Crippen molar-refractivity contribution in [2.24, 2.45) is 5.92 Å². The quantitative estimate of drug-likeness (QED) is 0.417. The molecular weight excluding hydrogens is 416 g/mol. The van der Waals surface area contributed by atoms with Crippen LogP contribution in [0.25, 0.3) is 0 Å². The molecule has 1 aromatic rings. The van der Waals surface area contributed by atoms with Crippen LogP contribution in [-0.4, -0.2) is 28.6 Å². The predicted molar refractivity (Wildman–Crippen MR) is 135 cm³/mol. The first-order chi connectivity index (χ1) is 15.3. The summed E-state index contributed by atoms with van der Waals surface area (Å²) in [5, 5.41) is 6.72. The second kappa shape index (κ2) is 11.6. The first-order valence-electron chi connectivity index (χ1n) is 12.7. The van der Waals surface area contributed by atoms with Gasteiger partial charge in [-0.15, -0.1) is 0 Å². The smallest absolute Gasteiger partial charge is 0.251 e. The lowest BCUT2D eigenvalue weighted by atomic mass is 9.83. The van der Waals surface area contributed by atoms with Gasteiger partial charge in [0, 0.05) is 28.3 Å². The van der Waals surface area contributed by atoms with Gasteiger partial charge in [-0.05, 0) is 88.8 Å². The van der Waals surface area contributed by atoms with Crippen molar-refractivity contribution in [1.82, 2.24) is 10.6 Å². The van der Waals surface area contributed by atoms with E-state index in [4.69, 9.17) is 0 Å². The van der Waals surface area contributed by atoms with Gasteiger partial charge in [-0.1, -0.05) is 38.3 Å². The highest BCUT2D eigenvalue weighted by molar-refractivity contribution is 7.80. The number of rotatable bonds is 8. The standard InChI is InChI=1S/C27H42N2O2S/c1-4-24(32)18-27(2,3)29-26(31)22-14-16-23(17-15-22)28-25(30)21-12-10-20(11-13-21)19-8-6-5-7-9-19/h10-13,19,22-24,32H,4-9,14-18H2,1-3H3,(H,28,30)(H,29,31). The van der Waals surface area contributed by atoms with E-state index in [9.17, 15) is 9.59 Å². The minimum absolute atomic E-state index is 0.00798. The highest BCUT2D eigenvalue weighted by Gasteiger charge is 2.31. The number of nitrogens with one attached hydrogen (secondary N) is 2. The van der Waals surface area contributed by atoms with Crippen molar-refractivity contribution >= 4 is 24.4 Å². The van der Waals surface area contributed by atoms with Crippen LogP contribution < -0.4 is 10.6 Å². The molecule has 1 unspecified atom stereocenters. The summed E-state index contributed by atoms with van der Waals surface area (Å²) >= 11 is 4.59. The van der Waals surface area contributed by atoms with Crippen molar-refractivity contribution in [1.29, 1.82) is 0 Å². The molecule has 0 heterocycles. The van der Waals surface area contributed by atoms with Crippen LogP contribution in [0.2, 0.25) is 0 Å². The van der Waals surface area contributed by atoms with E-state index in [1.54, 1.807) is 0 Å². The maximum atomic E-state index is 12.8. The second-order valence-electron chi connectivity index (χ2n) is 10.6. The van der Waals surface area contributed by atoms with Crippen molar-refractivity contribution in [3.63, 3.8) is 0 Å². The monoisotopic (exact) mass is 458 g/mol. The van der Waals surface area contributed by atoms with Crippen LogP contribution in [0.1, 0.15) is 113 Å². The molecule has 0 radical (unpaired) electrons. The van der Waals surface area contributed by atoms with Gasteiger partial charge in [0.25, 0.3) is 5.91 Å². The zero-order chi connectivity index (χ0) is 23.1. The Labute approximate surface area is 200 Å². The van der Waals surface area contributed by atoms with Crippen LogP contribution in [0.15, 0.2) is 24.3 Å². The number of hydrogen-bond donors (Lipinski definition) is 3. The summed E-state index contributed by atoms with van der Waals surface area (Å²) in [6, 6.07) is 8.39. The minimum Gasteiger partial charge on any atom is -0.351 e. The summed E-state index contributed by atoms with van der Waals surface area (Å²) in [4.78, 5) is 25.5. The lowest BCUT2D eigenvalue weighted by Crippen LogP contribution is -2.49. The SMILES string of the molecule is CCC(S)CC(C)(C)NC(=O)C1CCC(NC(=O)c2ccc(C3CCCCC3)cc2)CC1. The van der Waals surface area contributed by atoms with Gasteiger partial charge in [-0.25, -0.2) is 0 Å². The molecule has 0 saturated heterocycles. The molecule has 3 rings (SSSR count). The van der Waals surface area contributed by atoms with E-state index in [2.05, 4.69) is 56.2 Å². The molecule has 0 spiro atoms. The highest BCUT2D eigenvalue weighted by atomic mass is 32.1. The maximum absolute atomic E-state index is 12.8. The molecule has 5 heteroatoms. The molecule has 4 nitrogen and oxygen atoms in total. The Balaban J connectivity index is 1.44. The average Bonchev–Trinajstić information content (AvgIpc) is 2.79. The zero-order valence-electron chi connectivity index (χ0n) is 20.2. The molecule has 32 heavy (non-hydrogen) atoms. The Morgan fingerprint density at radius 2 is 1.62 bits per heavy atom. The van der Waals surface area contributed by atoms with Gasteiger partial charge < -0.3 is 10.6 Å². The Kier molecular flexibility index (Phi) is 9.10. The zero-order valence-corrected chi connectivity index (χ0v) is 21.1. The van der Waals surface area contributed by atoms with Crippen molar-refractivity contribution in [2.75, 3.05) is 0 Å². The number of benzene rings is 1. The maximum Gasteiger partial charge on any atom is 0.251 e. The summed E-state index contributed by atoms with van der Waals surface area (Å²) in [5.41, 5.74) is 1.87.